The smallest absolute Gasteiger partial charge is 0.324 e. The molecule has 2 aliphatic rings. The van der Waals surface area contributed by atoms with Crippen LogP contribution in [0, 0.1) is 0 Å². The summed E-state index contributed by atoms with van der Waals surface area (Å²) in [5.41, 5.74) is 0. The van der Waals surface area contributed by atoms with E-state index in [2.05, 4.69) is 15.6 Å². The third-order valence-electron chi connectivity index (χ3n) is 1.77. The molecule has 0 aromatic heterocycles. The van der Waals surface area contributed by atoms with Crippen LogP contribution in [0.5, 0.6) is 0 Å². The molecule has 5 nitrogen and oxygen atoms in total. The minimum absolute atomic E-state index is 0. The van der Waals surface area contributed by atoms with Gasteiger partial charge in [0.05, 0.1) is 6.54 Å². The number of halogens is 1. The Bertz CT molecular complexity index is 218. The second kappa shape index (κ2) is 3.62. The van der Waals surface area contributed by atoms with Crippen LogP contribution in [0.3, 0.4) is 0 Å². The second-order valence-corrected chi connectivity index (χ2v) is 2.52. The molecule has 12 heavy (non-hydrogen) atoms. The van der Waals surface area contributed by atoms with Crippen molar-refractivity contribution < 1.29 is 4.79 Å². The summed E-state index contributed by atoms with van der Waals surface area (Å²) in [6.07, 6.45) is 0. The Balaban J connectivity index is 0.000000720. The van der Waals surface area contributed by atoms with Crippen LogP contribution in [0.1, 0.15) is 0 Å². The van der Waals surface area contributed by atoms with E-state index in [1.165, 1.54) is 0 Å². The number of carbonyl (C=O) groups is 1. The average Bonchev–Trinajstić information content (AvgIpc) is 2.55. The number of nitrogens with zero attached hydrogens (tertiary/aromatic N) is 2. The molecule has 0 aromatic carbocycles. The van der Waals surface area contributed by atoms with Crippen molar-refractivity contribution in [3.05, 3.63) is 0 Å². The van der Waals surface area contributed by atoms with Crippen molar-refractivity contribution in [1.29, 1.82) is 0 Å². The van der Waals surface area contributed by atoms with Gasteiger partial charge in [0.25, 0.3) is 0 Å². The van der Waals surface area contributed by atoms with Crippen LogP contribution in [0.4, 0.5) is 4.79 Å². The van der Waals surface area contributed by atoms with E-state index in [4.69, 9.17) is 0 Å². The summed E-state index contributed by atoms with van der Waals surface area (Å²) in [5.74, 6) is 0.722. The van der Waals surface area contributed by atoms with Gasteiger partial charge in [-0.25, -0.2) is 4.79 Å². The van der Waals surface area contributed by atoms with Crippen molar-refractivity contribution in [1.82, 2.24) is 15.5 Å². The minimum atomic E-state index is -0.0434. The van der Waals surface area contributed by atoms with Gasteiger partial charge in [-0.05, 0) is 0 Å². The third-order valence-corrected chi connectivity index (χ3v) is 1.77. The first-order valence-electron chi connectivity index (χ1n) is 3.71. The van der Waals surface area contributed by atoms with Gasteiger partial charge < -0.3 is 10.6 Å². The van der Waals surface area contributed by atoms with E-state index < -0.39 is 0 Å². The Morgan fingerprint density at radius 2 is 2.17 bits per heavy atom. The van der Waals surface area contributed by atoms with Crippen LogP contribution in [0.15, 0.2) is 4.99 Å². The number of amides is 2. The van der Waals surface area contributed by atoms with Gasteiger partial charge in [-0.1, -0.05) is 0 Å². The zero-order chi connectivity index (χ0) is 7.68. The van der Waals surface area contributed by atoms with Gasteiger partial charge in [-0.2, -0.15) is 0 Å². The van der Waals surface area contributed by atoms with Gasteiger partial charge in [0.1, 0.15) is 0 Å². The standard InChI is InChI=1S/C6H10N4O.ClH/c11-6-9-3-4-10(6)5-7-1-2-8-5;/h1-4H2,(H,7,8)(H,9,11);1H. The Hall–Kier alpha value is -0.970. The average molecular weight is 191 g/mol. The maximum atomic E-state index is 11.1. The maximum Gasteiger partial charge on any atom is 0.324 e. The fourth-order valence-corrected chi connectivity index (χ4v) is 1.24. The van der Waals surface area contributed by atoms with Crippen molar-refractivity contribution >= 4 is 24.4 Å². The molecule has 68 valence electrons. The highest BCUT2D eigenvalue weighted by Crippen LogP contribution is 1.99. The van der Waals surface area contributed by atoms with Crippen molar-refractivity contribution in [2.45, 2.75) is 0 Å². The van der Waals surface area contributed by atoms with E-state index in [1.807, 2.05) is 0 Å². The number of guanidine groups is 1. The summed E-state index contributed by atoms with van der Waals surface area (Å²) in [6, 6.07) is -0.0434. The van der Waals surface area contributed by atoms with E-state index in [9.17, 15) is 4.79 Å². The van der Waals surface area contributed by atoms with Crippen LogP contribution in [-0.4, -0.2) is 43.1 Å². The molecule has 0 saturated carbocycles. The molecule has 2 rings (SSSR count). The van der Waals surface area contributed by atoms with E-state index in [0.717, 1.165) is 32.1 Å². The lowest BCUT2D eigenvalue weighted by atomic mass is 10.6. The normalized spacial score (nSPS) is 21.2. The predicted molar refractivity (Wildman–Crippen MR) is 47.7 cm³/mol. The number of hydrogen-bond donors (Lipinski definition) is 2. The molecule has 0 spiro atoms. The quantitative estimate of drug-likeness (QED) is 0.536. The molecule has 2 amide bonds. The number of carbonyl (C=O) groups excluding carboxylic acids is 1. The Kier molecular flexibility index (Phi) is 2.75. The van der Waals surface area contributed by atoms with Gasteiger partial charge in [0, 0.05) is 19.6 Å². The molecular formula is C6H11ClN4O. The molecule has 0 atom stereocenters. The van der Waals surface area contributed by atoms with Crippen molar-refractivity contribution in [2.24, 2.45) is 4.99 Å². The lowest BCUT2D eigenvalue weighted by molar-refractivity contribution is 0.233. The number of rotatable bonds is 0. The predicted octanol–water partition coefficient (Wildman–Crippen LogP) is -0.607. The summed E-state index contributed by atoms with van der Waals surface area (Å²) >= 11 is 0. The molecule has 6 heteroatoms. The van der Waals surface area contributed by atoms with Crippen molar-refractivity contribution in [3.8, 4) is 0 Å². The molecule has 0 aliphatic carbocycles. The Morgan fingerprint density at radius 1 is 1.33 bits per heavy atom. The zero-order valence-electron chi connectivity index (χ0n) is 6.54. The molecule has 2 heterocycles. The summed E-state index contributed by atoms with van der Waals surface area (Å²) in [6.45, 7) is 3.07. The monoisotopic (exact) mass is 190 g/mol. The largest absolute Gasteiger partial charge is 0.354 e. The Morgan fingerprint density at radius 3 is 2.67 bits per heavy atom. The number of urea groups is 1. The summed E-state index contributed by atoms with van der Waals surface area (Å²) < 4.78 is 0. The van der Waals surface area contributed by atoms with Gasteiger partial charge in [-0.3, -0.25) is 9.89 Å². The van der Waals surface area contributed by atoms with E-state index >= 15 is 0 Å². The molecule has 1 fully saturated rings. The molecule has 0 bridgehead atoms. The summed E-state index contributed by atoms with van der Waals surface area (Å²) in [4.78, 5) is 16.8. The SMILES string of the molecule is Cl.O=C1NCCN1C1=NCCN1. The van der Waals surface area contributed by atoms with E-state index in [-0.39, 0.29) is 18.4 Å². The molecule has 2 aliphatic heterocycles. The van der Waals surface area contributed by atoms with E-state index in [1.54, 1.807) is 4.90 Å². The first-order valence-corrected chi connectivity index (χ1v) is 3.71. The highest BCUT2D eigenvalue weighted by atomic mass is 35.5. The first-order chi connectivity index (χ1) is 5.38. The van der Waals surface area contributed by atoms with Crippen molar-refractivity contribution in [3.63, 3.8) is 0 Å². The first kappa shape index (κ1) is 9.12. The van der Waals surface area contributed by atoms with E-state index in [0.29, 0.717) is 0 Å². The van der Waals surface area contributed by atoms with Gasteiger partial charge in [0.15, 0.2) is 0 Å². The molecular weight excluding hydrogens is 180 g/mol. The highest BCUT2D eigenvalue weighted by Gasteiger charge is 2.25. The fraction of sp³-hybridized carbons (Fsp3) is 0.667. The van der Waals surface area contributed by atoms with Crippen LogP contribution in [0.25, 0.3) is 0 Å². The highest BCUT2D eigenvalue weighted by molar-refractivity contribution is 5.98. The zero-order valence-corrected chi connectivity index (χ0v) is 7.36. The topological polar surface area (TPSA) is 56.7 Å². The molecule has 0 radical (unpaired) electrons. The third kappa shape index (κ3) is 1.45. The lowest BCUT2D eigenvalue weighted by Crippen LogP contribution is -2.40. The Labute approximate surface area is 76.6 Å². The molecule has 0 unspecified atom stereocenters. The van der Waals surface area contributed by atoms with Crippen LogP contribution >= 0.6 is 12.4 Å². The lowest BCUT2D eigenvalue weighted by Gasteiger charge is -2.12. The molecule has 2 N–H and O–H groups in total. The van der Waals surface area contributed by atoms with Crippen molar-refractivity contribution in [2.75, 3.05) is 26.2 Å². The fourth-order valence-electron chi connectivity index (χ4n) is 1.24. The number of hydrogen-bond acceptors (Lipinski definition) is 3. The summed E-state index contributed by atoms with van der Waals surface area (Å²) in [7, 11) is 0. The summed E-state index contributed by atoms with van der Waals surface area (Å²) in [5, 5.41) is 5.76. The minimum Gasteiger partial charge on any atom is -0.354 e. The van der Waals surface area contributed by atoms with Crippen LogP contribution < -0.4 is 10.6 Å². The van der Waals surface area contributed by atoms with Gasteiger partial charge in [-0.15, -0.1) is 12.4 Å². The molecule has 0 aromatic rings. The second-order valence-electron chi connectivity index (χ2n) is 2.52. The van der Waals surface area contributed by atoms with Gasteiger partial charge >= 0.3 is 6.03 Å². The number of nitrogens with one attached hydrogen (secondary N) is 2. The maximum absolute atomic E-state index is 11.1. The number of aliphatic imine (C=N–C) groups is 1. The van der Waals surface area contributed by atoms with Gasteiger partial charge in [0.2, 0.25) is 5.96 Å². The van der Waals surface area contributed by atoms with Crippen LogP contribution in [-0.2, 0) is 0 Å². The molecule has 1 saturated heterocycles. The van der Waals surface area contributed by atoms with Crippen LogP contribution in [0.2, 0.25) is 0 Å².